The highest BCUT2D eigenvalue weighted by atomic mass is 32.1. The van der Waals surface area contributed by atoms with E-state index in [2.05, 4.69) is 30.7 Å². The molecule has 1 saturated heterocycles. The fourth-order valence-corrected chi connectivity index (χ4v) is 3.42. The van der Waals surface area contributed by atoms with E-state index in [0.29, 0.717) is 6.04 Å². The molecule has 0 spiro atoms. The third kappa shape index (κ3) is 3.06. The van der Waals surface area contributed by atoms with E-state index in [1.54, 1.807) is 0 Å². The first-order valence-electron chi connectivity index (χ1n) is 6.51. The van der Waals surface area contributed by atoms with Crippen molar-refractivity contribution >= 4 is 11.3 Å². The van der Waals surface area contributed by atoms with Crippen molar-refractivity contribution in [1.29, 1.82) is 0 Å². The van der Waals surface area contributed by atoms with Crippen LogP contribution in [0.2, 0.25) is 0 Å². The highest BCUT2D eigenvalue weighted by Gasteiger charge is 2.23. The molecule has 0 aliphatic carbocycles. The predicted molar refractivity (Wildman–Crippen MR) is 71.5 cm³/mol. The van der Waals surface area contributed by atoms with Gasteiger partial charge in [-0.3, -0.25) is 4.90 Å². The molecule has 1 atom stereocenters. The predicted octanol–water partition coefficient (Wildman–Crippen LogP) is 2.62. The lowest BCUT2D eigenvalue weighted by Gasteiger charge is -2.34. The molecule has 0 aromatic carbocycles. The number of hydrogen-bond donors (Lipinski definition) is 0. The number of hydrogen-bond acceptors (Lipinski definition) is 4. The molecule has 96 valence electrons. The van der Waals surface area contributed by atoms with E-state index in [1.165, 1.54) is 22.0 Å². The topological polar surface area (TPSA) is 25.4 Å². The third-order valence-electron chi connectivity index (χ3n) is 3.39. The molecule has 0 N–H and O–H groups in total. The van der Waals surface area contributed by atoms with Gasteiger partial charge >= 0.3 is 0 Å². The first-order valence-corrected chi connectivity index (χ1v) is 7.33. The van der Waals surface area contributed by atoms with E-state index in [4.69, 9.17) is 4.74 Å². The van der Waals surface area contributed by atoms with E-state index in [0.717, 1.165) is 32.7 Å². The largest absolute Gasteiger partial charge is 0.378 e. The van der Waals surface area contributed by atoms with Gasteiger partial charge in [0.15, 0.2) is 0 Å². The van der Waals surface area contributed by atoms with Crippen molar-refractivity contribution in [3.63, 3.8) is 0 Å². The molecule has 2 heterocycles. The SMILES string of the molecule is CCc1nc(C)sc1CN1CCOC[C@@H]1CC. The van der Waals surface area contributed by atoms with Crippen molar-refractivity contribution in [2.45, 2.75) is 46.2 Å². The average Bonchev–Trinajstić information content (AvgIpc) is 2.70. The fraction of sp³-hybridized carbons (Fsp3) is 0.769. The van der Waals surface area contributed by atoms with Crippen LogP contribution in [0.15, 0.2) is 0 Å². The van der Waals surface area contributed by atoms with Crippen molar-refractivity contribution in [2.24, 2.45) is 0 Å². The molecule has 0 bridgehead atoms. The molecule has 1 aliphatic heterocycles. The maximum Gasteiger partial charge on any atom is 0.0900 e. The van der Waals surface area contributed by atoms with Crippen LogP contribution in [0, 0.1) is 6.92 Å². The van der Waals surface area contributed by atoms with Crippen LogP contribution in [0.25, 0.3) is 0 Å². The Bertz CT molecular complexity index is 364. The molecular formula is C13H22N2OS. The van der Waals surface area contributed by atoms with Gasteiger partial charge in [0.1, 0.15) is 0 Å². The van der Waals surface area contributed by atoms with Crippen LogP contribution in [0.4, 0.5) is 0 Å². The molecule has 1 aliphatic rings. The van der Waals surface area contributed by atoms with Crippen LogP contribution in [0.1, 0.15) is 35.8 Å². The molecule has 0 amide bonds. The molecule has 0 radical (unpaired) electrons. The maximum atomic E-state index is 5.55. The van der Waals surface area contributed by atoms with Crippen molar-refractivity contribution < 1.29 is 4.74 Å². The lowest BCUT2D eigenvalue weighted by molar-refractivity contribution is -0.0124. The summed E-state index contributed by atoms with van der Waals surface area (Å²) in [6.45, 7) is 10.4. The van der Waals surface area contributed by atoms with Gasteiger partial charge in [-0.05, 0) is 19.8 Å². The van der Waals surface area contributed by atoms with Gasteiger partial charge in [0, 0.05) is 24.0 Å². The standard InChI is InChI=1S/C13H22N2OS/c1-4-11-9-16-7-6-15(11)8-13-12(5-2)14-10(3)17-13/h11H,4-9H2,1-3H3/t11-/m0/s1. The molecule has 3 nitrogen and oxygen atoms in total. The van der Waals surface area contributed by atoms with Crippen LogP contribution in [-0.2, 0) is 17.7 Å². The Morgan fingerprint density at radius 3 is 3.00 bits per heavy atom. The summed E-state index contributed by atoms with van der Waals surface area (Å²) in [6.07, 6.45) is 2.21. The fourth-order valence-electron chi connectivity index (χ4n) is 2.37. The van der Waals surface area contributed by atoms with E-state index in [-0.39, 0.29) is 0 Å². The number of nitrogens with zero attached hydrogens (tertiary/aromatic N) is 2. The smallest absolute Gasteiger partial charge is 0.0900 e. The lowest BCUT2D eigenvalue weighted by atomic mass is 10.1. The van der Waals surface area contributed by atoms with Gasteiger partial charge in [-0.1, -0.05) is 13.8 Å². The number of aryl methyl sites for hydroxylation is 2. The number of morpholine rings is 1. The van der Waals surface area contributed by atoms with Crippen molar-refractivity contribution in [2.75, 3.05) is 19.8 Å². The Hall–Kier alpha value is -0.450. The number of aromatic nitrogens is 1. The van der Waals surface area contributed by atoms with Crippen LogP contribution in [0.5, 0.6) is 0 Å². The molecule has 1 aromatic heterocycles. The Balaban J connectivity index is 2.07. The first kappa shape index (κ1) is 13.0. The zero-order valence-corrected chi connectivity index (χ0v) is 11.8. The zero-order chi connectivity index (χ0) is 12.3. The molecule has 1 fully saturated rings. The minimum Gasteiger partial charge on any atom is -0.378 e. The number of rotatable bonds is 4. The monoisotopic (exact) mass is 254 g/mol. The third-order valence-corrected chi connectivity index (χ3v) is 4.39. The number of ether oxygens (including phenoxy) is 1. The van der Waals surface area contributed by atoms with Gasteiger partial charge in [0.2, 0.25) is 0 Å². The van der Waals surface area contributed by atoms with Crippen molar-refractivity contribution in [3.05, 3.63) is 15.6 Å². The van der Waals surface area contributed by atoms with Gasteiger partial charge in [-0.2, -0.15) is 0 Å². The van der Waals surface area contributed by atoms with E-state index in [9.17, 15) is 0 Å². The second-order valence-electron chi connectivity index (χ2n) is 4.56. The Morgan fingerprint density at radius 1 is 1.47 bits per heavy atom. The summed E-state index contributed by atoms with van der Waals surface area (Å²) < 4.78 is 5.55. The van der Waals surface area contributed by atoms with Crippen LogP contribution < -0.4 is 0 Å². The summed E-state index contributed by atoms with van der Waals surface area (Å²) in [7, 11) is 0. The van der Waals surface area contributed by atoms with Crippen LogP contribution in [0.3, 0.4) is 0 Å². The highest BCUT2D eigenvalue weighted by Crippen LogP contribution is 2.23. The summed E-state index contributed by atoms with van der Waals surface area (Å²) in [6, 6.07) is 0.580. The normalized spacial score (nSPS) is 21.9. The van der Waals surface area contributed by atoms with E-state index in [1.807, 2.05) is 11.3 Å². The van der Waals surface area contributed by atoms with Crippen LogP contribution >= 0.6 is 11.3 Å². The summed E-state index contributed by atoms with van der Waals surface area (Å²) in [5.41, 5.74) is 1.29. The maximum absolute atomic E-state index is 5.55. The van der Waals surface area contributed by atoms with Gasteiger partial charge in [0.05, 0.1) is 23.9 Å². The number of thiazole rings is 1. The van der Waals surface area contributed by atoms with Crippen LogP contribution in [-0.4, -0.2) is 35.7 Å². The molecule has 0 saturated carbocycles. The average molecular weight is 254 g/mol. The lowest BCUT2D eigenvalue weighted by Crippen LogP contribution is -2.44. The molecule has 1 aromatic rings. The zero-order valence-electron chi connectivity index (χ0n) is 11.0. The quantitative estimate of drug-likeness (QED) is 0.826. The minimum atomic E-state index is 0.580. The Morgan fingerprint density at radius 2 is 2.29 bits per heavy atom. The first-order chi connectivity index (χ1) is 8.24. The summed E-state index contributed by atoms with van der Waals surface area (Å²) in [5.74, 6) is 0. The molecule has 4 heteroatoms. The van der Waals surface area contributed by atoms with Crippen molar-refractivity contribution in [1.82, 2.24) is 9.88 Å². The minimum absolute atomic E-state index is 0.580. The molecular weight excluding hydrogens is 232 g/mol. The highest BCUT2D eigenvalue weighted by molar-refractivity contribution is 7.11. The molecule has 0 unspecified atom stereocenters. The van der Waals surface area contributed by atoms with Gasteiger partial charge in [-0.25, -0.2) is 4.98 Å². The van der Waals surface area contributed by atoms with Gasteiger partial charge < -0.3 is 4.74 Å². The molecule has 2 rings (SSSR count). The van der Waals surface area contributed by atoms with Gasteiger partial charge in [-0.15, -0.1) is 11.3 Å². The van der Waals surface area contributed by atoms with Gasteiger partial charge in [0.25, 0.3) is 0 Å². The van der Waals surface area contributed by atoms with Crippen molar-refractivity contribution in [3.8, 4) is 0 Å². The Labute approximate surface area is 108 Å². The second kappa shape index (κ2) is 5.94. The molecule has 17 heavy (non-hydrogen) atoms. The van der Waals surface area contributed by atoms with E-state index < -0.39 is 0 Å². The second-order valence-corrected chi connectivity index (χ2v) is 5.85. The van der Waals surface area contributed by atoms with E-state index >= 15 is 0 Å². The Kier molecular flexibility index (Phi) is 4.54. The summed E-state index contributed by atoms with van der Waals surface area (Å²) in [5, 5.41) is 1.19. The summed E-state index contributed by atoms with van der Waals surface area (Å²) >= 11 is 1.85. The summed E-state index contributed by atoms with van der Waals surface area (Å²) in [4.78, 5) is 8.61.